The number of fused-ring (bicyclic) bond motifs is 4. The Bertz CT molecular complexity index is 980. The predicted octanol–water partition coefficient (Wildman–Crippen LogP) is 4.01. The quantitative estimate of drug-likeness (QED) is 0.687. The average Bonchev–Trinajstić information content (AvgIpc) is 2.63. The van der Waals surface area contributed by atoms with Crippen LogP contribution < -0.4 is 15.0 Å². The Kier molecular flexibility index (Phi) is 4.62. The molecule has 1 saturated heterocycles. The summed E-state index contributed by atoms with van der Waals surface area (Å²) in [7, 11) is 3.54. The van der Waals surface area contributed by atoms with Gasteiger partial charge in [-0.3, -0.25) is 9.69 Å². The second-order valence-corrected chi connectivity index (χ2v) is 8.90. The first-order valence-corrected chi connectivity index (χ1v) is 10.3. The summed E-state index contributed by atoms with van der Waals surface area (Å²) in [5.74, 6) is 0.273. The van der Waals surface area contributed by atoms with Gasteiger partial charge >= 0.3 is 0 Å². The molecule has 0 saturated carbocycles. The van der Waals surface area contributed by atoms with Crippen LogP contribution in [0.2, 0.25) is 0 Å². The fourth-order valence-electron chi connectivity index (χ4n) is 4.19. The standard InChI is InChI=1S/C21H22BrN3O2S/c1-12-7-5-6-8-15(12)25-20(28)23-18-14-11-13(22)9-10-16(14)27-21(25,2)17(18)19(26)24(3)4/h5-11,17-18H,1-4H3,(H,23,28). The first kappa shape index (κ1) is 19.2. The van der Waals surface area contributed by atoms with Crippen LogP contribution in [0.1, 0.15) is 24.1 Å². The number of nitrogens with zero attached hydrogens (tertiary/aromatic N) is 2. The highest BCUT2D eigenvalue weighted by Crippen LogP contribution is 2.50. The van der Waals surface area contributed by atoms with E-state index in [0.29, 0.717) is 5.11 Å². The Balaban J connectivity index is 1.95. The highest BCUT2D eigenvalue weighted by Gasteiger charge is 2.59. The lowest BCUT2D eigenvalue weighted by atomic mass is 9.78. The van der Waals surface area contributed by atoms with E-state index in [1.54, 1.807) is 19.0 Å². The second kappa shape index (κ2) is 6.74. The van der Waals surface area contributed by atoms with Gasteiger partial charge in [0, 0.05) is 29.8 Å². The van der Waals surface area contributed by atoms with Crippen LogP contribution >= 0.6 is 28.1 Å². The van der Waals surface area contributed by atoms with Crippen molar-refractivity contribution in [2.24, 2.45) is 5.92 Å². The first-order chi connectivity index (χ1) is 13.2. The maximum absolute atomic E-state index is 13.3. The van der Waals surface area contributed by atoms with Crippen LogP contribution in [0.4, 0.5) is 5.69 Å². The van der Waals surface area contributed by atoms with Crippen molar-refractivity contribution in [1.29, 1.82) is 0 Å². The van der Waals surface area contributed by atoms with Gasteiger partial charge in [-0.15, -0.1) is 0 Å². The minimum atomic E-state index is -0.957. The van der Waals surface area contributed by atoms with Crippen molar-refractivity contribution in [3.63, 3.8) is 0 Å². The van der Waals surface area contributed by atoms with Crippen LogP contribution in [0, 0.1) is 12.8 Å². The summed E-state index contributed by atoms with van der Waals surface area (Å²) in [5.41, 5.74) is 1.96. The Hall–Kier alpha value is -2.12. The van der Waals surface area contributed by atoms with Crippen LogP contribution in [-0.2, 0) is 4.79 Å². The third kappa shape index (κ3) is 2.79. The summed E-state index contributed by atoms with van der Waals surface area (Å²) in [6.45, 7) is 3.99. The number of aryl methyl sites for hydroxylation is 1. The van der Waals surface area contributed by atoms with E-state index in [1.165, 1.54) is 0 Å². The van der Waals surface area contributed by atoms with Gasteiger partial charge in [-0.2, -0.15) is 0 Å². The molecule has 2 aliphatic heterocycles. The van der Waals surface area contributed by atoms with Crippen molar-refractivity contribution in [3.8, 4) is 5.75 Å². The first-order valence-electron chi connectivity index (χ1n) is 9.10. The number of halogens is 1. The molecule has 3 unspecified atom stereocenters. The Morgan fingerprint density at radius 1 is 1.29 bits per heavy atom. The van der Waals surface area contributed by atoms with E-state index in [2.05, 4.69) is 21.2 Å². The number of ether oxygens (including phenoxy) is 1. The number of thiocarbonyl (C=S) groups is 1. The maximum Gasteiger partial charge on any atom is 0.233 e. The topological polar surface area (TPSA) is 44.8 Å². The molecule has 1 amide bonds. The molecule has 2 heterocycles. The Morgan fingerprint density at radius 2 is 2.00 bits per heavy atom. The number of carbonyl (C=O) groups excluding carboxylic acids is 1. The predicted molar refractivity (Wildman–Crippen MR) is 117 cm³/mol. The molecule has 28 heavy (non-hydrogen) atoms. The summed E-state index contributed by atoms with van der Waals surface area (Å²) in [4.78, 5) is 16.9. The van der Waals surface area contributed by atoms with Gasteiger partial charge in [-0.25, -0.2) is 0 Å². The Morgan fingerprint density at radius 3 is 2.68 bits per heavy atom. The fourth-order valence-corrected chi connectivity index (χ4v) is 4.97. The van der Waals surface area contributed by atoms with E-state index >= 15 is 0 Å². The molecule has 0 radical (unpaired) electrons. The summed E-state index contributed by atoms with van der Waals surface area (Å²) < 4.78 is 7.49. The molecule has 7 heteroatoms. The highest BCUT2D eigenvalue weighted by molar-refractivity contribution is 9.10. The molecule has 0 aromatic heterocycles. The maximum atomic E-state index is 13.3. The van der Waals surface area contributed by atoms with E-state index in [0.717, 1.165) is 27.0 Å². The van der Waals surface area contributed by atoms with E-state index in [4.69, 9.17) is 17.0 Å². The zero-order valence-electron chi connectivity index (χ0n) is 16.2. The summed E-state index contributed by atoms with van der Waals surface area (Å²) >= 11 is 9.29. The van der Waals surface area contributed by atoms with Crippen LogP contribution in [0.15, 0.2) is 46.9 Å². The molecule has 1 fully saturated rings. The molecule has 1 N–H and O–H groups in total. The van der Waals surface area contributed by atoms with Gasteiger partial charge in [-0.05, 0) is 55.9 Å². The van der Waals surface area contributed by atoms with Crippen molar-refractivity contribution in [2.45, 2.75) is 25.6 Å². The molecule has 0 aliphatic carbocycles. The molecule has 3 atom stereocenters. The van der Waals surface area contributed by atoms with Crippen LogP contribution in [0.5, 0.6) is 5.75 Å². The van der Waals surface area contributed by atoms with Crippen molar-refractivity contribution >= 4 is 44.9 Å². The number of hydrogen-bond donors (Lipinski definition) is 1. The Labute approximate surface area is 178 Å². The van der Waals surface area contributed by atoms with Gasteiger partial charge in [-0.1, -0.05) is 34.1 Å². The normalized spacial score (nSPS) is 25.5. The van der Waals surface area contributed by atoms with Crippen molar-refractivity contribution in [3.05, 3.63) is 58.1 Å². The van der Waals surface area contributed by atoms with Crippen molar-refractivity contribution in [1.82, 2.24) is 10.2 Å². The van der Waals surface area contributed by atoms with Gasteiger partial charge in [0.25, 0.3) is 0 Å². The van der Waals surface area contributed by atoms with Gasteiger partial charge in [0.2, 0.25) is 5.91 Å². The van der Waals surface area contributed by atoms with E-state index in [9.17, 15) is 4.79 Å². The minimum Gasteiger partial charge on any atom is -0.467 e. The SMILES string of the molecule is Cc1ccccc1N1C(=S)NC2c3cc(Br)ccc3OC1(C)C2C(=O)N(C)C. The molecule has 146 valence electrons. The molecule has 0 spiro atoms. The summed E-state index contributed by atoms with van der Waals surface area (Å²) in [6, 6.07) is 13.6. The number of hydrogen-bond acceptors (Lipinski definition) is 3. The van der Waals surface area contributed by atoms with Crippen LogP contribution in [-0.4, -0.2) is 35.7 Å². The number of para-hydroxylation sites is 1. The number of benzene rings is 2. The summed E-state index contributed by atoms with van der Waals surface area (Å²) in [6.07, 6.45) is 0. The van der Waals surface area contributed by atoms with E-state index in [-0.39, 0.29) is 11.9 Å². The molecule has 5 nitrogen and oxygen atoms in total. The van der Waals surface area contributed by atoms with Gasteiger partial charge in [0.05, 0.1) is 6.04 Å². The van der Waals surface area contributed by atoms with Crippen LogP contribution in [0.25, 0.3) is 0 Å². The van der Waals surface area contributed by atoms with Gasteiger partial charge < -0.3 is 15.0 Å². The zero-order chi connectivity index (χ0) is 20.2. The molecule has 2 aromatic rings. The number of anilines is 1. The lowest BCUT2D eigenvalue weighted by molar-refractivity contribution is -0.144. The van der Waals surface area contributed by atoms with E-state index < -0.39 is 11.6 Å². The largest absolute Gasteiger partial charge is 0.467 e. The van der Waals surface area contributed by atoms with Crippen molar-refractivity contribution in [2.75, 3.05) is 19.0 Å². The van der Waals surface area contributed by atoms with Gasteiger partial charge in [0.15, 0.2) is 10.8 Å². The van der Waals surface area contributed by atoms with Crippen LogP contribution in [0.3, 0.4) is 0 Å². The zero-order valence-corrected chi connectivity index (χ0v) is 18.6. The van der Waals surface area contributed by atoms with Gasteiger partial charge in [0.1, 0.15) is 11.7 Å². The lowest BCUT2D eigenvalue weighted by Gasteiger charge is -2.56. The highest BCUT2D eigenvalue weighted by atomic mass is 79.9. The summed E-state index contributed by atoms with van der Waals surface area (Å²) in [5, 5.41) is 3.98. The van der Waals surface area contributed by atoms with Crippen molar-refractivity contribution < 1.29 is 9.53 Å². The second-order valence-electron chi connectivity index (χ2n) is 7.60. The lowest BCUT2D eigenvalue weighted by Crippen LogP contribution is -2.72. The smallest absolute Gasteiger partial charge is 0.233 e. The minimum absolute atomic E-state index is 0.00768. The average molecular weight is 460 g/mol. The molecule has 2 aromatic carbocycles. The number of carbonyl (C=O) groups is 1. The molecular weight excluding hydrogens is 438 g/mol. The number of rotatable bonds is 2. The third-order valence-corrected chi connectivity index (χ3v) is 6.32. The number of amides is 1. The fraction of sp³-hybridized carbons (Fsp3) is 0.333. The monoisotopic (exact) mass is 459 g/mol. The molecule has 2 aliphatic rings. The molecular formula is C21H22BrN3O2S. The number of nitrogens with one attached hydrogen (secondary N) is 1. The van der Waals surface area contributed by atoms with E-state index in [1.807, 2.05) is 61.2 Å². The molecule has 2 bridgehead atoms. The molecule has 4 rings (SSSR count). The third-order valence-electron chi connectivity index (χ3n) is 5.52.